The summed E-state index contributed by atoms with van der Waals surface area (Å²) in [5.74, 6) is 0.0669. The molecular formula is C12H16N4O. The Morgan fingerprint density at radius 3 is 3.12 bits per heavy atom. The number of hydrogen-bond donors (Lipinski definition) is 2. The van der Waals surface area contributed by atoms with Gasteiger partial charge in [-0.15, -0.1) is 0 Å². The fraction of sp³-hybridized carbons (Fsp3) is 0.333. The predicted molar refractivity (Wildman–Crippen MR) is 66.2 cm³/mol. The smallest absolute Gasteiger partial charge is 0.223 e. The maximum atomic E-state index is 11.6. The van der Waals surface area contributed by atoms with E-state index in [4.69, 9.17) is 5.73 Å². The summed E-state index contributed by atoms with van der Waals surface area (Å²) in [5, 5.41) is 0. The number of H-pyrrole nitrogens is 1. The van der Waals surface area contributed by atoms with Gasteiger partial charge in [0.2, 0.25) is 5.91 Å². The second-order valence-electron chi connectivity index (χ2n) is 4.04. The number of aromatic amines is 1. The van der Waals surface area contributed by atoms with Crippen LogP contribution in [0.25, 0.3) is 11.0 Å². The molecule has 0 saturated carbocycles. The largest absolute Gasteiger partial charge is 0.345 e. The fourth-order valence-electron chi connectivity index (χ4n) is 1.76. The minimum Gasteiger partial charge on any atom is -0.345 e. The average molecular weight is 232 g/mol. The molecule has 1 heterocycles. The Kier molecular flexibility index (Phi) is 3.39. The molecule has 17 heavy (non-hydrogen) atoms. The van der Waals surface area contributed by atoms with Crippen LogP contribution in [0.3, 0.4) is 0 Å². The van der Waals surface area contributed by atoms with E-state index in [0.29, 0.717) is 19.5 Å². The summed E-state index contributed by atoms with van der Waals surface area (Å²) in [5.41, 5.74) is 8.36. The number of nitrogens with two attached hydrogens (primary N) is 1. The molecule has 2 rings (SSSR count). The maximum absolute atomic E-state index is 11.6. The van der Waals surface area contributed by atoms with Crippen LogP contribution in [0.2, 0.25) is 0 Å². The molecule has 1 aromatic carbocycles. The monoisotopic (exact) mass is 232 g/mol. The Hall–Kier alpha value is -1.88. The number of nitrogens with zero attached hydrogens (tertiary/aromatic N) is 2. The van der Waals surface area contributed by atoms with Gasteiger partial charge < -0.3 is 15.6 Å². The normalized spacial score (nSPS) is 10.7. The number of aromatic nitrogens is 2. The number of hydrogen-bond acceptors (Lipinski definition) is 3. The van der Waals surface area contributed by atoms with Gasteiger partial charge in [-0.05, 0) is 17.7 Å². The molecule has 0 atom stereocenters. The van der Waals surface area contributed by atoms with Crippen LogP contribution in [0, 0.1) is 0 Å². The summed E-state index contributed by atoms with van der Waals surface area (Å²) < 4.78 is 0. The van der Waals surface area contributed by atoms with Crippen molar-refractivity contribution in [3.8, 4) is 0 Å². The lowest BCUT2D eigenvalue weighted by molar-refractivity contribution is -0.130. The predicted octanol–water partition coefficient (Wildman–Crippen LogP) is 0.870. The minimum atomic E-state index is 0.0669. The van der Waals surface area contributed by atoms with E-state index < -0.39 is 0 Å². The standard InChI is InChI=1S/C12H16N4O/c1-16(12(17)4-5-13)7-9-2-3-10-11(6-9)15-8-14-10/h2-3,6,8H,4-5,7,13H2,1H3,(H,14,15). The first-order valence-corrected chi connectivity index (χ1v) is 5.57. The van der Waals surface area contributed by atoms with Gasteiger partial charge >= 0.3 is 0 Å². The van der Waals surface area contributed by atoms with Crippen LogP contribution in [0.1, 0.15) is 12.0 Å². The van der Waals surface area contributed by atoms with Crippen molar-refractivity contribution in [1.29, 1.82) is 0 Å². The van der Waals surface area contributed by atoms with Gasteiger partial charge in [0.15, 0.2) is 0 Å². The van der Waals surface area contributed by atoms with Crippen molar-refractivity contribution in [2.24, 2.45) is 5.73 Å². The van der Waals surface area contributed by atoms with Crippen molar-refractivity contribution < 1.29 is 4.79 Å². The lowest BCUT2D eigenvalue weighted by Gasteiger charge is -2.16. The molecule has 0 spiro atoms. The first-order valence-electron chi connectivity index (χ1n) is 5.57. The second kappa shape index (κ2) is 4.97. The average Bonchev–Trinajstić information content (AvgIpc) is 2.76. The van der Waals surface area contributed by atoms with Crippen LogP contribution >= 0.6 is 0 Å². The Labute approximate surface area is 99.6 Å². The molecule has 0 aliphatic heterocycles. The van der Waals surface area contributed by atoms with Gasteiger partial charge in [-0.3, -0.25) is 4.79 Å². The minimum absolute atomic E-state index is 0.0669. The zero-order valence-corrected chi connectivity index (χ0v) is 9.81. The highest BCUT2D eigenvalue weighted by atomic mass is 16.2. The summed E-state index contributed by atoms with van der Waals surface area (Å²) in [6.45, 7) is 0.983. The number of benzene rings is 1. The van der Waals surface area contributed by atoms with E-state index in [2.05, 4.69) is 9.97 Å². The molecule has 0 unspecified atom stereocenters. The summed E-state index contributed by atoms with van der Waals surface area (Å²) in [7, 11) is 1.79. The third-order valence-corrected chi connectivity index (χ3v) is 2.69. The molecule has 90 valence electrons. The quantitative estimate of drug-likeness (QED) is 0.821. The molecule has 5 nitrogen and oxygen atoms in total. The third-order valence-electron chi connectivity index (χ3n) is 2.69. The number of fused-ring (bicyclic) bond motifs is 1. The molecule has 0 bridgehead atoms. The van der Waals surface area contributed by atoms with Crippen molar-refractivity contribution in [3.63, 3.8) is 0 Å². The van der Waals surface area contributed by atoms with E-state index in [1.807, 2.05) is 18.2 Å². The SMILES string of the molecule is CN(Cc1ccc2nc[nH]c2c1)C(=O)CCN. The molecule has 3 N–H and O–H groups in total. The summed E-state index contributed by atoms with van der Waals surface area (Å²) in [6, 6.07) is 5.94. The lowest BCUT2D eigenvalue weighted by atomic mass is 10.2. The van der Waals surface area contributed by atoms with Crippen molar-refractivity contribution in [2.45, 2.75) is 13.0 Å². The van der Waals surface area contributed by atoms with Gasteiger partial charge in [0.05, 0.1) is 17.4 Å². The van der Waals surface area contributed by atoms with Crippen LogP contribution < -0.4 is 5.73 Å². The number of nitrogens with one attached hydrogen (secondary N) is 1. The molecule has 2 aromatic rings. The molecule has 0 saturated heterocycles. The Morgan fingerprint density at radius 2 is 2.35 bits per heavy atom. The molecule has 5 heteroatoms. The first kappa shape index (κ1) is 11.6. The highest BCUT2D eigenvalue weighted by Gasteiger charge is 2.08. The first-order chi connectivity index (χ1) is 8.20. The van der Waals surface area contributed by atoms with E-state index >= 15 is 0 Å². The number of rotatable bonds is 4. The summed E-state index contributed by atoms with van der Waals surface area (Å²) in [6.07, 6.45) is 2.06. The van der Waals surface area contributed by atoms with Crippen molar-refractivity contribution >= 4 is 16.9 Å². The Bertz CT molecular complexity index is 520. The van der Waals surface area contributed by atoms with Gasteiger partial charge in [-0.25, -0.2) is 4.98 Å². The van der Waals surface area contributed by atoms with Crippen LogP contribution in [0.15, 0.2) is 24.5 Å². The second-order valence-corrected chi connectivity index (χ2v) is 4.04. The highest BCUT2D eigenvalue weighted by molar-refractivity contribution is 5.77. The zero-order chi connectivity index (χ0) is 12.3. The van der Waals surface area contributed by atoms with Crippen LogP contribution in [0.4, 0.5) is 0 Å². The lowest BCUT2D eigenvalue weighted by Crippen LogP contribution is -2.27. The molecular weight excluding hydrogens is 216 g/mol. The molecule has 1 amide bonds. The summed E-state index contributed by atoms with van der Waals surface area (Å²) >= 11 is 0. The van der Waals surface area contributed by atoms with Gasteiger partial charge in [0, 0.05) is 26.6 Å². The number of carbonyl (C=O) groups excluding carboxylic acids is 1. The van der Waals surface area contributed by atoms with Crippen LogP contribution in [-0.4, -0.2) is 34.4 Å². The van der Waals surface area contributed by atoms with Gasteiger partial charge in [0.25, 0.3) is 0 Å². The fourth-order valence-corrected chi connectivity index (χ4v) is 1.76. The topological polar surface area (TPSA) is 75.0 Å². The zero-order valence-electron chi connectivity index (χ0n) is 9.81. The van der Waals surface area contributed by atoms with Crippen molar-refractivity contribution in [1.82, 2.24) is 14.9 Å². The van der Waals surface area contributed by atoms with Crippen molar-refractivity contribution in [3.05, 3.63) is 30.1 Å². The van der Waals surface area contributed by atoms with E-state index in [-0.39, 0.29) is 5.91 Å². The molecule has 0 aliphatic carbocycles. The number of imidazole rings is 1. The van der Waals surface area contributed by atoms with E-state index in [1.165, 1.54) is 0 Å². The van der Waals surface area contributed by atoms with E-state index in [9.17, 15) is 4.79 Å². The highest BCUT2D eigenvalue weighted by Crippen LogP contribution is 2.13. The van der Waals surface area contributed by atoms with Gasteiger partial charge in [-0.1, -0.05) is 6.07 Å². The van der Waals surface area contributed by atoms with Gasteiger partial charge in [0.1, 0.15) is 0 Å². The Morgan fingerprint density at radius 1 is 1.53 bits per heavy atom. The van der Waals surface area contributed by atoms with Crippen LogP contribution in [0.5, 0.6) is 0 Å². The van der Waals surface area contributed by atoms with Gasteiger partial charge in [-0.2, -0.15) is 0 Å². The van der Waals surface area contributed by atoms with E-state index in [1.54, 1.807) is 18.3 Å². The van der Waals surface area contributed by atoms with Crippen molar-refractivity contribution in [2.75, 3.05) is 13.6 Å². The van der Waals surface area contributed by atoms with Crippen LogP contribution in [-0.2, 0) is 11.3 Å². The molecule has 0 fully saturated rings. The summed E-state index contributed by atoms with van der Waals surface area (Å²) in [4.78, 5) is 20.5. The Balaban J connectivity index is 2.09. The third kappa shape index (κ3) is 2.62. The van der Waals surface area contributed by atoms with E-state index in [0.717, 1.165) is 16.6 Å². The maximum Gasteiger partial charge on any atom is 0.223 e. The molecule has 1 aromatic heterocycles. The molecule has 0 aliphatic rings. The molecule has 0 radical (unpaired) electrons. The number of amides is 1. The number of carbonyl (C=O) groups is 1.